The first-order chi connectivity index (χ1) is 7.52. The topological polar surface area (TPSA) is 57.6 Å². The standard InChI is InChI=1S/C12H15NO3/c1-9(12(15)16)13(10(2)14)8-11-6-4-3-5-7-11/h3-7,9H,8H2,1-2H3,(H,15,16)/t9-/m1/s1. The first-order valence-corrected chi connectivity index (χ1v) is 5.06. The van der Waals surface area contributed by atoms with Crippen LogP contribution in [0.2, 0.25) is 0 Å². The van der Waals surface area contributed by atoms with Gasteiger partial charge in [-0.05, 0) is 12.5 Å². The van der Waals surface area contributed by atoms with Gasteiger partial charge in [0.05, 0.1) is 0 Å². The molecular weight excluding hydrogens is 206 g/mol. The Morgan fingerprint density at radius 3 is 2.31 bits per heavy atom. The number of benzene rings is 1. The second kappa shape index (κ2) is 5.30. The summed E-state index contributed by atoms with van der Waals surface area (Å²) in [5, 5.41) is 8.89. The van der Waals surface area contributed by atoms with Gasteiger partial charge in [0, 0.05) is 13.5 Å². The molecule has 1 amide bonds. The Labute approximate surface area is 94.5 Å². The summed E-state index contributed by atoms with van der Waals surface area (Å²) < 4.78 is 0. The molecule has 0 saturated heterocycles. The minimum atomic E-state index is -0.994. The van der Waals surface area contributed by atoms with E-state index in [9.17, 15) is 9.59 Å². The van der Waals surface area contributed by atoms with Crippen LogP contribution in [-0.4, -0.2) is 27.9 Å². The number of carbonyl (C=O) groups is 2. The summed E-state index contributed by atoms with van der Waals surface area (Å²) in [6.45, 7) is 3.21. The average Bonchev–Trinajstić information content (AvgIpc) is 2.26. The van der Waals surface area contributed by atoms with E-state index in [2.05, 4.69) is 0 Å². The van der Waals surface area contributed by atoms with E-state index in [0.717, 1.165) is 5.56 Å². The fourth-order valence-corrected chi connectivity index (χ4v) is 1.43. The fourth-order valence-electron chi connectivity index (χ4n) is 1.43. The summed E-state index contributed by atoms with van der Waals surface area (Å²) in [6, 6.07) is 8.52. The molecule has 0 saturated carbocycles. The second-order valence-corrected chi connectivity index (χ2v) is 3.65. The molecule has 4 nitrogen and oxygen atoms in total. The van der Waals surface area contributed by atoms with E-state index in [0.29, 0.717) is 6.54 Å². The number of carboxylic acids is 1. The number of carbonyl (C=O) groups excluding carboxylic acids is 1. The molecule has 0 unspecified atom stereocenters. The predicted octanol–water partition coefficient (Wildman–Crippen LogP) is 1.51. The van der Waals surface area contributed by atoms with Crippen LogP contribution in [0.1, 0.15) is 19.4 Å². The van der Waals surface area contributed by atoms with Crippen molar-refractivity contribution < 1.29 is 14.7 Å². The normalized spacial score (nSPS) is 11.9. The second-order valence-electron chi connectivity index (χ2n) is 3.65. The summed E-state index contributed by atoms with van der Waals surface area (Å²) in [6.07, 6.45) is 0. The Balaban J connectivity index is 2.81. The van der Waals surface area contributed by atoms with Gasteiger partial charge >= 0.3 is 5.97 Å². The molecule has 1 rings (SSSR count). The van der Waals surface area contributed by atoms with E-state index in [4.69, 9.17) is 5.11 Å². The van der Waals surface area contributed by atoms with E-state index < -0.39 is 12.0 Å². The smallest absolute Gasteiger partial charge is 0.326 e. The van der Waals surface area contributed by atoms with Crippen LogP contribution in [0.15, 0.2) is 30.3 Å². The van der Waals surface area contributed by atoms with Crippen molar-refractivity contribution in [3.63, 3.8) is 0 Å². The van der Waals surface area contributed by atoms with Gasteiger partial charge in [-0.25, -0.2) is 4.79 Å². The minimum Gasteiger partial charge on any atom is -0.480 e. The third kappa shape index (κ3) is 3.08. The monoisotopic (exact) mass is 221 g/mol. The van der Waals surface area contributed by atoms with E-state index in [1.165, 1.54) is 18.7 Å². The molecule has 16 heavy (non-hydrogen) atoms. The molecule has 1 atom stereocenters. The van der Waals surface area contributed by atoms with Gasteiger partial charge in [-0.3, -0.25) is 4.79 Å². The molecule has 0 aromatic heterocycles. The van der Waals surface area contributed by atoms with Crippen LogP contribution in [0.4, 0.5) is 0 Å². The number of hydrogen-bond acceptors (Lipinski definition) is 2. The zero-order valence-electron chi connectivity index (χ0n) is 9.38. The summed E-state index contributed by atoms with van der Waals surface area (Å²) >= 11 is 0. The van der Waals surface area contributed by atoms with Crippen LogP contribution < -0.4 is 0 Å². The van der Waals surface area contributed by atoms with Gasteiger partial charge in [-0.1, -0.05) is 30.3 Å². The number of aliphatic carboxylic acids is 1. The summed E-state index contributed by atoms with van der Waals surface area (Å²) in [4.78, 5) is 23.5. The number of carboxylic acid groups (broad SMARTS) is 1. The molecule has 0 radical (unpaired) electrons. The van der Waals surface area contributed by atoms with Gasteiger partial charge in [0.25, 0.3) is 0 Å². The van der Waals surface area contributed by atoms with Crippen LogP contribution in [0, 0.1) is 0 Å². The Morgan fingerprint density at radius 2 is 1.88 bits per heavy atom. The van der Waals surface area contributed by atoms with E-state index >= 15 is 0 Å². The Bertz CT molecular complexity index is 375. The van der Waals surface area contributed by atoms with Crippen molar-refractivity contribution in [2.45, 2.75) is 26.4 Å². The van der Waals surface area contributed by atoms with Gasteiger partial charge < -0.3 is 10.0 Å². The zero-order chi connectivity index (χ0) is 12.1. The van der Waals surface area contributed by atoms with E-state index in [1.807, 2.05) is 30.3 Å². The van der Waals surface area contributed by atoms with Crippen molar-refractivity contribution in [3.05, 3.63) is 35.9 Å². The van der Waals surface area contributed by atoms with Crippen molar-refractivity contribution in [2.75, 3.05) is 0 Å². The molecule has 0 aliphatic heterocycles. The third-order valence-corrected chi connectivity index (χ3v) is 2.43. The first kappa shape index (κ1) is 12.2. The van der Waals surface area contributed by atoms with Crippen LogP contribution >= 0.6 is 0 Å². The highest BCUT2D eigenvalue weighted by Gasteiger charge is 2.22. The van der Waals surface area contributed by atoms with Crippen molar-refractivity contribution >= 4 is 11.9 Å². The minimum absolute atomic E-state index is 0.237. The molecular formula is C12H15NO3. The first-order valence-electron chi connectivity index (χ1n) is 5.06. The molecule has 0 fully saturated rings. The van der Waals surface area contributed by atoms with E-state index in [1.54, 1.807) is 0 Å². The molecule has 1 aromatic carbocycles. The molecule has 0 aliphatic carbocycles. The van der Waals surface area contributed by atoms with Gasteiger partial charge in [0.15, 0.2) is 0 Å². The highest BCUT2D eigenvalue weighted by Crippen LogP contribution is 2.08. The van der Waals surface area contributed by atoms with Crippen LogP contribution in [0.3, 0.4) is 0 Å². The van der Waals surface area contributed by atoms with Gasteiger partial charge in [-0.15, -0.1) is 0 Å². The molecule has 1 N–H and O–H groups in total. The fraction of sp³-hybridized carbons (Fsp3) is 0.333. The SMILES string of the molecule is CC(=O)N(Cc1ccccc1)[C@H](C)C(=O)O. The summed E-state index contributed by atoms with van der Waals surface area (Å²) in [5.74, 6) is -1.23. The number of rotatable bonds is 4. The third-order valence-electron chi connectivity index (χ3n) is 2.43. The Kier molecular flexibility index (Phi) is 4.05. The molecule has 4 heteroatoms. The lowest BCUT2D eigenvalue weighted by Crippen LogP contribution is -2.41. The lowest BCUT2D eigenvalue weighted by atomic mass is 10.2. The molecule has 0 aliphatic rings. The molecule has 0 bridgehead atoms. The number of amides is 1. The number of hydrogen-bond donors (Lipinski definition) is 1. The Hall–Kier alpha value is -1.84. The van der Waals surface area contributed by atoms with Crippen molar-refractivity contribution in [1.29, 1.82) is 0 Å². The largest absolute Gasteiger partial charge is 0.480 e. The molecule has 1 aromatic rings. The van der Waals surface area contributed by atoms with Crippen LogP contribution in [-0.2, 0) is 16.1 Å². The molecule has 0 spiro atoms. The molecule has 0 heterocycles. The van der Waals surface area contributed by atoms with Gasteiger partial charge in [-0.2, -0.15) is 0 Å². The maximum absolute atomic E-state index is 11.4. The lowest BCUT2D eigenvalue weighted by Gasteiger charge is -2.25. The zero-order valence-corrected chi connectivity index (χ0v) is 9.38. The summed E-state index contributed by atoms with van der Waals surface area (Å²) in [5.41, 5.74) is 0.922. The maximum atomic E-state index is 11.4. The van der Waals surface area contributed by atoms with Crippen molar-refractivity contribution in [2.24, 2.45) is 0 Å². The lowest BCUT2D eigenvalue weighted by molar-refractivity contribution is -0.149. The highest BCUT2D eigenvalue weighted by molar-refractivity contribution is 5.81. The summed E-state index contributed by atoms with van der Waals surface area (Å²) in [7, 11) is 0. The highest BCUT2D eigenvalue weighted by atomic mass is 16.4. The van der Waals surface area contributed by atoms with Crippen LogP contribution in [0.5, 0.6) is 0 Å². The quantitative estimate of drug-likeness (QED) is 0.838. The van der Waals surface area contributed by atoms with Crippen molar-refractivity contribution in [3.8, 4) is 0 Å². The molecule has 86 valence electrons. The van der Waals surface area contributed by atoms with E-state index in [-0.39, 0.29) is 5.91 Å². The van der Waals surface area contributed by atoms with Crippen LogP contribution in [0.25, 0.3) is 0 Å². The predicted molar refractivity (Wildman–Crippen MR) is 59.8 cm³/mol. The van der Waals surface area contributed by atoms with Gasteiger partial charge in [0.1, 0.15) is 6.04 Å². The van der Waals surface area contributed by atoms with Crippen molar-refractivity contribution in [1.82, 2.24) is 4.90 Å². The number of nitrogens with zero attached hydrogens (tertiary/aromatic N) is 1. The Morgan fingerprint density at radius 1 is 1.31 bits per heavy atom. The maximum Gasteiger partial charge on any atom is 0.326 e. The van der Waals surface area contributed by atoms with Gasteiger partial charge in [0.2, 0.25) is 5.91 Å². The average molecular weight is 221 g/mol.